The predicted molar refractivity (Wildman–Crippen MR) is 67.8 cm³/mol. The van der Waals surface area contributed by atoms with E-state index in [1.807, 2.05) is 5.51 Å². The molecule has 1 fully saturated rings. The number of rotatable bonds is 4. The van der Waals surface area contributed by atoms with Crippen LogP contribution in [0.25, 0.3) is 0 Å². The number of nitrogens with two attached hydrogens (primary N) is 1. The van der Waals surface area contributed by atoms with Crippen LogP contribution in [0, 0.1) is 0 Å². The van der Waals surface area contributed by atoms with Crippen molar-refractivity contribution in [3.05, 3.63) is 5.51 Å². The topological polar surface area (TPSA) is 55.0 Å². The van der Waals surface area contributed by atoms with Crippen molar-refractivity contribution in [2.45, 2.75) is 51.1 Å². The molecule has 5 heteroatoms. The van der Waals surface area contributed by atoms with Gasteiger partial charge in [0, 0.05) is 18.6 Å². The first-order chi connectivity index (χ1) is 7.81. The predicted octanol–water partition coefficient (Wildman–Crippen LogP) is 2.02. The van der Waals surface area contributed by atoms with Crippen LogP contribution in [0.4, 0.5) is 5.13 Å². The van der Waals surface area contributed by atoms with Crippen molar-refractivity contribution in [3.63, 3.8) is 0 Å². The number of anilines is 1. The highest BCUT2D eigenvalue weighted by Crippen LogP contribution is 2.27. The van der Waals surface area contributed by atoms with E-state index in [-0.39, 0.29) is 0 Å². The third-order valence-electron chi connectivity index (χ3n) is 3.24. The van der Waals surface area contributed by atoms with Gasteiger partial charge in [-0.15, -0.1) is 10.2 Å². The summed E-state index contributed by atoms with van der Waals surface area (Å²) in [6, 6.07) is 1.03. The van der Waals surface area contributed by atoms with Gasteiger partial charge in [0.25, 0.3) is 0 Å². The van der Waals surface area contributed by atoms with Crippen LogP contribution in [0.1, 0.15) is 39.0 Å². The summed E-state index contributed by atoms with van der Waals surface area (Å²) in [5, 5.41) is 9.20. The van der Waals surface area contributed by atoms with Crippen molar-refractivity contribution in [2.24, 2.45) is 5.73 Å². The Morgan fingerprint density at radius 3 is 2.75 bits per heavy atom. The molecule has 0 radical (unpaired) electrons. The lowest BCUT2D eigenvalue weighted by Crippen LogP contribution is -2.41. The van der Waals surface area contributed by atoms with Crippen molar-refractivity contribution in [1.29, 1.82) is 0 Å². The van der Waals surface area contributed by atoms with Crippen molar-refractivity contribution in [3.8, 4) is 0 Å². The number of hydrogen-bond donors (Lipinski definition) is 1. The quantitative estimate of drug-likeness (QED) is 0.875. The molecule has 0 aromatic carbocycles. The van der Waals surface area contributed by atoms with E-state index in [4.69, 9.17) is 5.73 Å². The van der Waals surface area contributed by atoms with Gasteiger partial charge in [0.05, 0.1) is 0 Å². The Morgan fingerprint density at radius 2 is 2.19 bits per heavy atom. The molecule has 4 nitrogen and oxygen atoms in total. The van der Waals surface area contributed by atoms with Crippen LogP contribution >= 0.6 is 11.3 Å². The number of nitrogens with zero attached hydrogens (tertiary/aromatic N) is 3. The summed E-state index contributed by atoms with van der Waals surface area (Å²) in [6.07, 6.45) is 5.83. The first-order valence-corrected chi connectivity index (χ1v) is 6.97. The molecule has 2 rings (SSSR count). The SMILES string of the molecule is CCCN(c1nncs1)C1CCC(N)CC1. The maximum Gasteiger partial charge on any atom is 0.208 e. The Hall–Kier alpha value is -0.680. The van der Waals surface area contributed by atoms with Crippen LogP contribution in [0.5, 0.6) is 0 Å². The average molecular weight is 240 g/mol. The highest BCUT2D eigenvalue weighted by atomic mass is 32.1. The van der Waals surface area contributed by atoms with E-state index in [1.165, 1.54) is 12.8 Å². The second kappa shape index (κ2) is 5.59. The van der Waals surface area contributed by atoms with Gasteiger partial charge in [-0.25, -0.2) is 0 Å². The average Bonchev–Trinajstić information content (AvgIpc) is 2.81. The molecule has 1 heterocycles. The summed E-state index contributed by atoms with van der Waals surface area (Å²) in [6.45, 7) is 3.29. The van der Waals surface area contributed by atoms with E-state index in [9.17, 15) is 0 Å². The van der Waals surface area contributed by atoms with Gasteiger partial charge in [-0.1, -0.05) is 18.3 Å². The number of hydrogen-bond acceptors (Lipinski definition) is 5. The van der Waals surface area contributed by atoms with Crippen molar-refractivity contribution >= 4 is 16.5 Å². The van der Waals surface area contributed by atoms with Gasteiger partial charge in [0.2, 0.25) is 5.13 Å². The van der Waals surface area contributed by atoms with Gasteiger partial charge in [0.1, 0.15) is 5.51 Å². The zero-order valence-corrected chi connectivity index (χ0v) is 10.6. The summed E-state index contributed by atoms with van der Waals surface area (Å²) in [4.78, 5) is 2.42. The molecule has 1 aliphatic rings. The molecule has 16 heavy (non-hydrogen) atoms. The Morgan fingerprint density at radius 1 is 1.44 bits per heavy atom. The van der Waals surface area contributed by atoms with Crippen molar-refractivity contribution in [2.75, 3.05) is 11.4 Å². The normalized spacial score (nSPS) is 25.6. The molecule has 0 unspecified atom stereocenters. The smallest absolute Gasteiger partial charge is 0.208 e. The molecule has 0 saturated heterocycles. The second-order valence-corrected chi connectivity index (χ2v) is 5.29. The van der Waals surface area contributed by atoms with E-state index in [1.54, 1.807) is 11.3 Å². The highest BCUT2D eigenvalue weighted by Gasteiger charge is 2.25. The minimum Gasteiger partial charge on any atom is -0.344 e. The van der Waals surface area contributed by atoms with Gasteiger partial charge in [-0.05, 0) is 32.1 Å². The van der Waals surface area contributed by atoms with Gasteiger partial charge in [-0.2, -0.15) is 0 Å². The molecule has 0 aliphatic heterocycles. The van der Waals surface area contributed by atoms with Crippen LogP contribution in [0.2, 0.25) is 0 Å². The Kier molecular flexibility index (Phi) is 4.12. The number of aromatic nitrogens is 2. The molecule has 1 aromatic heterocycles. The van der Waals surface area contributed by atoms with E-state index in [0.29, 0.717) is 12.1 Å². The molecule has 90 valence electrons. The zero-order chi connectivity index (χ0) is 11.4. The molecule has 0 spiro atoms. The highest BCUT2D eigenvalue weighted by molar-refractivity contribution is 7.13. The molecule has 0 atom stereocenters. The molecule has 0 bridgehead atoms. The lowest BCUT2D eigenvalue weighted by Gasteiger charge is -2.35. The summed E-state index contributed by atoms with van der Waals surface area (Å²) >= 11 is 1.64. The fraction of sp³-hybridized carbons (Fsp3) is 0.818. The molecular weight excluding hydrogens is 220 g/mol. The monoisotopic (exact) mass is 240 g/mol. The maximum atomic E-state index is 5.95. The molecule has 2 N–H and O–H groups in total. The molecule has 0 amide bonds. The molecular formula is C11H20N4S. The fourth-order valence-corrected chi connectivity index (χ4v) is 3.04. The third-order valence-corrected chi connectivity index (χ3v) is 3.97. The largest absolute Gasteiger partial charge is 0.344 e. The summed E-state index contributed by atoms with van der Waals surface area (Å²) in [5.41, 5.74) is 7.76. The lowest BCUT2D eigenvalue weighted by atomic mass is 9.91. The van der Waals surface area contributed by atoms with Crippen LogP contribution in [0.3, 0.4) is 0 Å². The minimum atomic E-state index is 0.411. The van der Waals surface area contributed by atoms with Crippen LogP contribution < -0.4 is 10.6 Å². The standard InChI is InChI=1S/C11H20N4S/c1-2-7-15(11-14-13-8-16-11)10-5-3-9(12)4-6-10/h8-10H,2-7,12H2,1H3. The van der Waals surface area contributed by atoms with Gasteiger partial charge in [0.15, 0.2) is 0 Å². The van der Waals surface area contributed by atoms with Crippen LogP contribution in [-0.2, 0) is 0 Å². The fourth-order valence-electron chi connectivity index (χ4n) is 2.38. The summed E-state index contributed by atoms with van der Waals surface area (Å²) in [7, 11) is 0. The summed E-state index contributed by atoms with van der Waals surface area (Å²) < 4.78 is 0. The lowest BCUT2D eigenvalue weighted by molar-refractivity contribution is 0.375. The van der Waals surface area contributed by atoms with Crippen molar-refractivity contribution in [1.82, 2.24) is 10.2 Å². The van der Waals surface area contributed by atoms with Crippen molar-refractivity contribution < 1.29 is 0 Å². The third kappa shape index (κ3) is 2.71. The van der Waals surface area contributed by atoms with Crippen LogP contribution in [0.15, 0.2) is 5.51 Å². The van der Waals surface area contributed by atoms with Gasteiger partial charge in [-0.3, -0.25) is 0 Å². The van der Waals surface area contributed by atoms with E-state index >= 15 is 0 Å². The van der Waals surface area contributed by atoms with Gasteiger partial charge < -0.3 is 10.6 Å². The first kappa shape index (κ1) is 11.8. The minimum absolute atomic E-state index is 0.411. The van der Waals surface area contributed by atoms with E-state index in [2.05, 4.69) is 22.0 Å². The molecule has 1 aromatic rings. The van der Waals surface area contributed by atoms with Gasteiger partial charge >= 0.3 is 0 Å². The second-order valence-electron chi connectivity index (χ2n) is 4.48. The van der Waals surface area contributed by atoms with E-state index in [0.717, 1.165) is 30.9 Å². The molecule has 1 aliphatic carbocycles. The Labute approximate surface area is 101 Å². The zero-order valence-electron chi connectivity index (χ0n) is 9.80. The summed E-state index contributed by atoms with van der Waals surface area (Å²) in [5.74, 6) is 0. The Balaban J connectivity index is 2.02. The Bertz CT molecular complexity index is 293. The molecule has 1 saturated carbocycles. The van der Waals surface area contributed by atoms with Crippen LogP contribution in [-0.4, -0.2) is 28.8 Å². The maximum absolute atomic E-state index is 5.95. The van der Waals surface area contributed by atoms with E-state index < -0.39 is 0 Å². The first-order valence-electron chi connectivity index (χ1n) is 6.09.